The van der Waals surface area contributed by atoms with Gasteiger partial charge in [0.2, 0.25) is 6.79 Å². The molecule has 2 rings (SSSR count). The molecule has 0 bridgehead atoms. The molecule has 27 heavy (non-hydrogen) atoms. The van der Waals surface area contributed by atoms with Gasteiger partial charge in [-0.3, -0.25) is 0 Å². The normalized spacial score (nSPS) is 13.3. The molecular weight excluding hydrogens is 525 g/mol. The van der Waals surface area contributed by atoms with Crippen molar-refractivity contribution in [3.8, 4) is 11.5 Å². The number of fused-ring (bicyclic) bond motifs is 1. The lowest BCUT2D eigenvalue weighted by atomic mass is 9.79. The largest absolute Gasteiger partial charge is 0.454 e. The molecule has 0 amide bonds. The summed E-state index contributed by atoms with van der Waals surface area (Å²) in [6.07, 6.45) is 2.83. The molecule has 0 unspecified atom stereocenters. The van der Waals surface area contributed by atoms with Crippen molar-refractivity contribution in [2.45, 2.75) is 46.6 Å². The van der Waals surface area contributed by atoms with Crippen LogP contribution in [0.1, 0.15) is 45.6 Å². The second-order valence-electron chi connectivity index (χ2n) is 6.54. The molecule has 154 valence electrons. The number of nitrogens with zero attached hydrogens (tertiary/aromatic N) is 1. The summed E-state index contributed by atoms with van der Waals surface area (Å²) in [7, 11) is 0. The van der Waals surface area contributed by atoms with Crippen molar-refractivity contribution in [1.82, 2.24) is 10.6 Å². The first-order valence-electron chi connectivity index (χ1n) is 9.28. The van der Waals surface area contributed by atoms with Crippen LogP contribution in [0.3, 0.4) is 0 Å². The first-order chi connectivity index (χ1) is 12.6. The van der Waals surface area contributed by atoms with E-state index < -0.39 is 0 Å². The van der Waals surface area contributed by atoms with E-state index in [2.05, 4.69) is 47.3 Å². The van der Waals surface area contributed by atoms with Gasteiger partial charge in [0.15, 0.2) is 17.5 Å². The van der Waals surface area contributed by atoms with Crippen LogP contribution in [0.2, 0.25) is 0 Å². The molecule has 1 aromatic rings. The molecule has 0 saturated carbocycles. The maximum absolute atomic E-state index is 9.39. The molecule has 6 nitrogen and oxygen atoms in total. The zero-order valence-electron chi connectivity index (χ0n) is 16.3. The third-order valence-electron chi connectivity index (χ3n) is 5.02. The molecule has 8 heteroatoms. The minimum absolute atomic E-state index is 0. The maximum Gasteiger partial charge on any atom is 0.231 e. The molecule has 1 aromatic carbocycles. The van der Waals surface area contributed by atoms with E-state index in [1.54, 1.807) is 0 Å². The summed E-state index contributed by atoms with van der Waals surface area (Å²) in [5.41, 5.74) is 1.14. The van der Waals surface area contributed by atoms with Gasteiger partial charge in [-0.2, -0.15) is 0 Å². The van der Waals surface area contributed by atoms with E-state index in [1.165, 1.54) is 0 Å². The van der Waals surface area contributed by atoms with Gasteiger partial charge in [-0.15, -0.1) is 24.0 Å². The Morgan fingerprint density at radius 2 is 1.96 bits per heavy atom. The molecule has 0 saturated heterocycles. The lowest BCUT2D eigenvalue weighted by molar-refractivity contribution is 0.169. The number of nitrogens with one attached hydrogen (secondary N) is 2. The number of aliphatic hydroxyl groups is 1. The standard InChI is InChI=1S/C19H30BrN3O3.HI/c1-4-19(5-2,7-8-24)12-23-18(21-6-3)22-11-14-9-15(20)17-16(10-14)25-13-26-17;/h9-10,24H,4-8,11-13H2,1-3H3,(H2,21,22,23);1H. The highest BCUT2D eigenvalue weighted by Gasteiger charge is 2.25. The summed E-state index contributed by atoms with van der Waals surface area (Å²) in [5, 5.41) is 16.1. The van der Waals surface area contributed by atoms with Gasteiger partial charge in [-0.25, -0.2) is 4.99 Å². The fourth-order valence-electron chi connectivity index (χ4n) is 3.07. The minimum Gasteiger partial charge on any atom is -0.454 e. The summed E-state index contributed by atoms with van der Waals surface area (Å²) < 4.78 is 11.8. The Balaban J connectivity index is 0.00000364. The predicted molar refractivity (Wildman–Crippen MR) is 123 cm³/mol. The zero-order valence-corrected chi connectivity index (χ0v) is 20.2. The maximum atomic E-state index is 9.39. The topological polar surface area (TPSA) is 75.1 Å². The van der Waals surface area contributed by atoms with Crippen LogP contribution >= 0.6 is 39.9 Å². The highest BCUT2D eigenvalue weighted by molar-refractivity contribution is 14.0. The van der Waals surface area contributed by atoms with Gasteiger partial charge in [-0.1, -0.05) is 13.8 Å². The van der Waals surface area contributed by atoms with E-state index in [4.69, 9.17) is 14.5 Å². The zero-order chi connectivity index (χ0) is 19.0. The molecule has 1 aliphatic rings. The highest BCUT2D eigenvalue weighted by atomic mass is 127. The van der Waals surface area contributed by atoms with Crippen molar-refractivity contribution in [3.05, 3.63) is 22.2 Å². The second kappa shape index (κ2) is 12.0. The van der Waals surface area contributed by atoms with Crippen LogP contribution in [0.25, 0.3) is 0 Å². The van der Waals surface area contributed by atoms with Crippen molar-refractivity contribution < 1.29 is 14.6 Å². The van der Waals surface area contributed by atoms with E-state index in [0.717, 1.165) is 59.8 Å². The molecule has 1 aliphatic heterocycles. The van der Waals surface area contributed by atoms with Crippen LogP contribution in [0.5, 0.6) is 11.5 Å². The summed E-state index contributed by atoms with van der Waals surface area (Å²) >= 11 is 3.52. The molecular formula is C19H31BrIN3O3. The number of ether oxygens (including phenoxy) is 2. The summed E-state index contributed by atoms with van der Waals surface area (Å²) in [4.78, 5) is 4.70. The predicted octanol–water partition coefficient (Wildman–Crippen LogP) is 4.04. The van der Waals surface area contributed by atoms with E-state index in [1.807, 2.05) is 12.1 Å². The number of aliphatic hydroxyl groups excluding tert-OH is 1. The summed E-state index contributed by atoms with van der Waals surface area (Å²) in [6.45, 7) is 8.99. The van der Waals surface area contributed by atoms with Gasteiger partial charge in [0, 0.05) is 19.7 Å². The van der Waals surface area contributed by atoms with Crippen LogP contribution < -0.4 is 20.1 Å². The van der Waals surface area contributed by atoms with Gasteiger partial charge in [-0.05, 0) is 65.2 Å². The van der Waals surface area contributed by atoms with Crippen LogP contribution in [-0.4, -0.2) is 37.6 Å². The van der Waals surface area contributed by atoms with Crippen LogP contribution in [0.15, 0.2) is 21.6 Å². The van der Waals surface area contributed by atoms with Crippen LogP contribution in [-0.2, 0) is 6.54 Å². The van der Waals surface area contributed by atoms with Gasteiger partial charge in [0.05, 0.1) is 11.0 Å². The SMILES string of the molecule is CCNC(=NCc1cc(Br)c2c(c1)OCO2)NCC(CC)(CC)CCO.I. The van der Waals surface area contributed by atoms with E-state index in [9.17, 15) is 5.11 Å². The second-order valence-corrected chi connectivity index (χ2v) is 7.40. The Bertz CT molecular complexity index is 624. The molecule has 0 atom stereocenters. The third-order valence-corrected chi connectivity index (χ3v) is 5.61. The smallest absolute Gasteiger partial charge is 0.231 e. The molecule has 0 spiro atoms. The first-order valence-corrected chi connectivity index (χ1v) is 10.1. The number of guanidine groups is 1. The Kier molecular flexibility index (Phi) is 10.8. The Labute approximate surface area is 187 Å². The van der Waals surface area contributed by atoms with Gasteiger partial charge in [0.1, 0.15) is 0 Å². The van der Waals surface area contributed by atoms with E-state index in [-0.39, 0.29) is 42.8 Å². The third kappa shape index (κ3) is 6.67. The molecule has 0 aliphatic carbocycles. The van der Waals surface area contributed by atoms with Crippen molar-refractivity contribution in [1.29, 1.82) is 0 Å². The van der Waals surface area contributed by atoms with Crippen LogP contribution in [0, 0.1) is 5.41 Å². The van der Waals surface area contributed by atoms with Crippen molar-refractivity contribution in [2.75, 3.05) is 26.5 Å². The molecule has 3 N–H and O–H groups in total. The lowest BCUT2D eigenvalue weighted by Crippen LogP contribution is -2.43. The number of hydrogen-bond donors (Lipinski definition) is 3. The average molecular weight is 556 g/mol. The van der Waals surface area contributed by atoms with Gasteiger partial charge in [0.25, 0.3) is 0 Å². The highest BCUT2D eigenvalue weighted by Crippen LogP contribution is 2.40. The van der Waals surface area contributed by atoms with Crippen molar-refractivity contribution >= 4 is 45.9 Å². The number of hydrogen-bond acceptors (Lipinski definition) is 4. The Morgan fingerprint density at radius 1 is 1.22 bits per heavy atom. The number of aliphatic imine (C=N–C) groups is 1. The van der Waals surface area contributed by atoms with Crippen molar-refractivity contribution in [3.63, 3.8) is 0 Å². The average Bonchev–Trinajstić information content (AvgIpc) is 3.12. The first kappa shape index (κ1) is 24.3. The molecule has 0 fully saturated rings. The quantitative estimate of drug-likeness (QED) is 0.244. The Hall–Kier alpha value is -0.740. The number of rotatable bonds is 9. The monoisotopic (exact) mass is 555 g/mol. The fraction of sp³-hybridized carbons (Fsp3) is 0.632. The van der Waals surface area contributed by atoms with Gasteiger partial charge >= 0.3 is 0 Å². The Morgan fingerprint density at radius 3 is 2.59 bits per heavy atom. The molecule has 0 radical (unpaired) electrons. The summed E-state index contributed by atoms with van der Waals surface area (Å²) in [6, 6.07) is 3.98. The minimum atomic E-state index is 0. The van der Waals surface area contributed by atoms with E-state index in [0.29, 0.717) is 6.54 Å². The molecule has 0 aromatic heterocycles. The lowest BCUT2D eigenvalue weighted by Gasteiger charge is -2.32. The molecule has 1 heterocycles. The number of halogens is 2. The summed E-state index contributed by atoms with van der Waals surface area (Å²) in [5.74, 6) is 2.29. The van der Waals surface area contributed by atoms with Gasteiger partial charge < -0.3 is 25.2 Å². The number of benzene rings is 1. The van der Waals surface area contributed by atoms with Crippen molar-refractivity contribution in [2.24, 2.45) is 10.4 Å². The fourth-order valence-corrected chi connectivity index (χ4v) is 3.68. The van der Waals surface area contributed by atoms with E-state index >= 15 is 0 Å². The van der Waals surface area contributed by atoms with Crippen LogP contribution in [0.4, 0.5) is 0 Å².